The molecule has 1 aliphatic carbocycles. The maximum absolute atomic E-state index is 12.8. The fourth-order valence-corrected chi connectivity index (χ4v) is 5.38. The number of anilines is 1. The number of benzene rings is 1. The molecular weight excluding hydrogens is 382 g/mol. The molecule has 1 aliphatic rings. The van der Waals surface area contributed by atoms with Gasteiger partial charge in [-0.05, 0) is 48.3 Å². The summed E-state index contributed by atoms with van der Waals surface area (Å²) in [5.41, 5.74) is 2.16. The lowest BCUT2D eigenvalue weighted by Gasteiger charge is -2.33. The van der Waals surface area contributed by atoms with Crippen molar-refractivity contribution in [2.24, 2.45) is 11.3 Å². The van der Waals surface area contributed by atoms with Crippen molar-refractivity contribution in [2.45, 2.75) is 52.9 Å². The first-order chi connectivity index (χ1) is 13.8. The Kier molecular flexibility index (Phi) is 5.30. The second-order valence-electron chi connectivity index (χ2n) is 8.92. The van der Waals surface area contributed by atoms with Crippen LogP contribution < -0.4 is 10.9 Å². The maximum Gasteiger partial charge on any atom is 0.259 e. The van der Waals surface area contributed by atoms with Gasteiger partial charge in [0, 0.05) is 23.4 Å². The fraction of sp³-hybridized carbons (Fsp3) is 0.435. The minimum Gasteiger partial charge on any atom is -0.326 e. The average molecular weight is 410 g/mol. The van der Waals surface area contributed by atoms with Crippen molar-refractivity contribution in [1.82, 2.24) is 9.97 Å². The van der Waals surface area contributed by atoms with E-state index in [2.05, 4.69) is 31.1 Å². The lowest BCUT2D eigenvalue weighted by atomic mass is 9.72. The topological polar surface area (TPSA) is 74.8 Å². The van der Waals surface area contributed by atoms with Crippen LogP contribution in [0.25, 0.3) is 10.2 Å². The zero-order valence-electron chi connectivity index (χ0n) is 17.2. The molecule has 152 valence electrons. The number of para-hydroxylation sites is 1. The Balaban J connectivity index is 1.51. The summed E-state index contributed by atoms with van der Waals surface area (Å²) in [7, 11) is 0. The van der Waals surface area contributed by atoms with E-state index in [0.717, 1.165) is 35.2 Å². The zero-order chi connectivity index (χ0) is 20.6. The van der Waals surface area contributed by atoms with Gasteiger partial charge in [0.2, 0.25) is 5.91 Å². The van der Waals surface area contributed by atoms with Gasteiger partial charge >= 0.3 is 0 Å². The van der Waals surface area contributed by atoms with Crippen LogP contribution in [0.1, 0.15) is 49.9 Å². The van der Waals surface area contributed by atoms with Gasteiger partial charge in [0.05, 0.1) is 5.39 Å². The smallest absolute Gasteiger partial charge is 0.259 e. The monoisotopic (exact) mass is 409 g/mol. The van der Waals surface area contributed by atoms with E-state index in [4.69, 9.17) is 4.98 Å². The van der Waals surface area contributed by atoms with E-state index < -0.39 is 0 Å². The summed E-state index contributed by atoms with van der Waals surface area (Å²) < 4.78 is 0. The molecule has 4 rings (SSSR count). The molecule has 29 heavy (non-hydrogen) atoms. The van der Waals surface area contributed by atoms with E-state index in [1.54, 1.807) is 11.3 Å². The molecule has 0 saturated carbocycles. The highest BCUT2D eigenvalue weighted by Gasteiger charge is 2.31. The van der Waals surface area contributed by atoms with Gasteiger partial charge in [-0.1, -0.05) is 39.0 Å². The Hall–Kier alpha value is -2.47. The van der Waals surface area contributed by atoms with E-state index in [1.807, 2.05) is 30.3 Å². The van der Waals surface area contributed by atoms with Crippen molar-refractivity contribution in [3.63, 3.8) is 0 Å². The van der Waals surface area contributed by atoms with E-state index in [9.17, 15) is 9.59 Å². The molecule has 2 aromatic heterocycles. The van der Waals surface area contributed by atoms with Gasteiger partial charge in [-0.2, -0.15) is 0 Å². The van der Waals surface area contributed by atoms with E-state index in [1.165, 1.54) is 10.4 Å². The molecule has 0 fully saturated rings. The average Bonchev–Trinajstić information content (AvgIpc) is 3.04. The number of carbonyl (C=O) groups excluding carboxylic acids is 1. The van der Waals surface area contributed by atoms with Crippen molar-refractivity contribution in [3.8, 4) is 0 Å². The fourth-order valence-electron chi connectivity index (χ4n) is 4.06. The molecule has 1 unspecified atom stereocenters. The maximum atomic E-state index is 12.8. The van der Waals surface area contributed by atoms with Crippen molar-refractivity contribution >= 4 is 33.1 Å². The Morgan fingerprint density at radius 1 is 1.28 bits per heavy atom. The van der Waals surface area contributed by atoms with Crippen LogP contribution >= 0.6 is 11.3 Å². The number of nitrogens with one attached hydrogen (secondary N) is 2. The Labute approximate surface area is 174 Å². The number of thiophene rings is 1. The molecule has 5 nitrogen and oxygen atoms in total. The quantitative estimate of drug-likeness (QED) is 0.655. The molecule has 2 heterocycles. The Morgan fingerprint density at radius 2 is 2.03 bits per heavy atom. The summed E-state index contributed by atoms with van der Waals surface area (Å²) >= 11 is 1.65. The predicted molar refractivity (Wildman–Crippen MR) is 119 cm³/mol. The van der Waals surface area contributed by atoms with Gasteiger partial charge in [0.1, 0.15) is 10.7 Å². The van der Waals surface area contributed by atoms with Gasteiger partial charge in [0.15, 0.2) is 0 Å². The molecule has 0 spiro atoms. The van der Waals surface area contributed by atoms with Crippen LogP contribution in [0.5, 0.6) is 0 Å². The van der Waals surface area contributed by atoms with E-state index in [-0.39, 0.29) is 23.3 Å². The molecule has 1 aromatic carbocycles. The first-order valence-electron chi connectivity index (χ1n) is 10.2. The second kappa shape index (κ2) is 7.75. The van der Waals surface area contributed by atoms with Gasteiger partial charge < -0.3 is 10.3 Å². The lowest BCUT2D eigenvalue weighted by Crippen LogP contribution is -2.26. The third-order valence-corrected chi connectivity index (χ3v) is 6.99. The van der Waals surface area contributed by atoms with E-state index in [0.29, 0.717) is 18.2 Å². The van der Waals surface area contributed by atoms with Crippen molar-refractivity contribution < 1.29 is 4.79 Å². The third kappa shape index (κ3) is 4.27. The number of aryl methyl sites for hydroxylation is 2. The van der Waals surface area contributed by atoms with Crippen LogP contribution in [0.3, 0.4) is 0 Å². The minimum absolute atomic E-state index is 0.0693. The molecule has 0 bridgehead atoms. The van der Waals surface area contributed by atoms with Crippen LogP contribution in [0, 0.1) is 11.3 Å². The Morgan fingerprint density at radius 3 is 2.76 bits per heavy atom. The van der Waals surface area contributed by atoms with Crippen molar-refractivity contribution in [2.75, 3.05) is 5.32 Å². The largest absolute Gasteiger partial charge is 0.326 e. The number of fused-ring (bicyclic) bond motifs is 3. The number of carbonyl (C=O) groups is 1. The van der Waals surface area contributed by atoms with Crippen molar-refractivity contribution in [3.05, 3.63) is 57.0 Å². The summed E-state index contributed by atoms with van der Waals surface area (Å²) in [6, 6.07) is 9.37. The number of H-pyrrole nitrogens is 1. The summed E-state index contributed by atoms with van der Waals surface area (Å²) in [6.07, 6.45) is 3.77. The SMILES string of the molecule is CC(C)(C)C1CCc2c(sc3nc(CCC(=O)Nc4ccccc4)[nH]c(=O)c23)C1. The molecule has 0 radical (unpaired) electrons. The van der Waals surface area contributed by atoms with Crippen LogP contribution in [-0.2, 0) is 24.1 Å². The second-order valence-corrected chi connectivity index (χ2v) is 10.0. The third-order valence-electron chi connectivity index (χ3n) is 5.84. The number of hydrogen-bond acceptors (Lipinski definition) is 4. The van der Waals surface area contributed by atoms with Crippen LogP contribution in [0.2, 0.25) is 0 Å². The molecule has 0 aliphatic heterocycles. The van der Waals surface area contributed by atoms with Crippen molar-refractivity contribution in [1.29, 1.82) is 0 Å². The van der Waals surface area contributed by atoms with E-state index >= 15 is 0 Å². The first-order valence-corrected chi connectivity index (χ1v) is 11.0. The number of rotatable bonds is 4. The molecule has 6 heteroatoms. The van der Waals surface area contributed by atoms with Gasteiger partial charge in [-0.25, -0.2) is 4.98 Å². The van der Waals surface area contributed by atoms with Crippen LogP contribution in [-0.4, -0.2) is 15.9 Å². The Bertz CT molecular complexity index is 1090. The van der Waals surface area contributed by atoms with Crippen LogP contribution in [0.4, 0.5) is 5.69 Å². The van der Waals surface area contributed by atoms with Crippen LogP contribution in [0.15, 0.2) is 35.1 Å². The number of nitrogens with zero attached hydrogens (tertiary/aromatic N) is 1. The molecule has 1 atom stereocenters. The normalized spacial score (nSPS) is 16.6. The predicted octanol–water partition coefficient (Wildman–Crippen LogP) is 4.71. The zero-order valence-corrected chi connectivity index (χ0v) is 18.0. The summed E-state index contributed by atoms with van der Waals surface area (Å²) in [5, 5.41) is 3.63. The number of hydrogen-bond donors (Lipinski definition) is 2. The molecule has 3 aromatic rings. The minimum atomic E-state index is -0.0857. The van der Waals surface area contributed by atoms with Gasteiger partial charge in [-0.3, -0.25) is 9.59 Å². The highest BCUT2D eigenvalue weighted by atomic mass is 32.1. The molecular formula is C23H27N3O2S. The summed E-state index contributed by atoms with van der Waals surface area (Å²) in [6.45, 7) is 6.87. The number of aromatic nitrogens is 2. The van der Waals surface area contributed by atoms with Gasteiger partial charge in [0.25, 0.3) is 5.56 Å². The number of aromatic amines is 1. The highest BCUT2D eigenvalue weighted by Crippen LogP contribution is 2.41. The molecule has 1 amide bonds. The van der Waals surface area contributed by atoms with Gasteiger partial charge in [-0.15, -0.1) is 11.3 Å². The summed E-state index contributed by atoms with van der Waals surface area (Å²) in [4.78, 5) is 34.7. The highest BCUT2D eigenvalue weighted by molar-refractivity contribution is 7.18. The lowest BCUT2D eigenvalue weighted by molar-refractivity contribution is -0.116. The molecule has 0 saturated heterocycles. The first kappa shape index (κ1) is 19.8. The summed E-state index contributed by atoms with van der Waals surface area (Å²) in [5.74, 6) is 1.12. The molecule has 2 N–H and O–H groups in total. The standard InChI is InChI=1S/C23H27N3O2S/c1-23(2,3)14-9-10-16-17(13-14)29-22-20(16)21(28)25-18(26-22)11-12-19(27)24-15-7-5-4-6-8-15/h4-8,14H,9-13H2,1-3H3,(H,24,27)(H,25,26,28). The number of amides is 1.